The zero-order valence-electron chi connectivity index (χ0n) is 27.0. The van der Waals surface area contributed by atoms with Gasteiger partial charge in [-0.2, -0.15) is 0 Å². The summed E-state index contributed by atoms with van der Waals surface area (Å²) < 4.78 is 29.4. The van der Waals surface area contributed by atoms with Crippen molar-refractivity contribution in [3.63, 3.8) is 0 Å². The SMILES string of the molecule is CC[C@@H]1CN2CC[C@@]3(OCCO[Si](C)(C)C(C)(C)C)C(=Nc4ccc([N+](=O)[O-])c(OC)c43)[C@@H]2C[C@@H]1/C(=C\OC)C(=O)OC. The Morgan fingerprint density at radius 1 is 1.23 bits per heavy atom. The number of piperidine rings is 2. The fourth-order valence-electron chi connectivity index (χ4n) is 6.58. The Labute approximate surface area is 255 Å². The molecule has 11 nitrogen and oxygen atoms in total. The van der Waals surface area contributed by atoms with Crippen LogP contribution in [-0.4, -0.2) is 83.5 Å². The van der Waals surface area contributed by atoms with Gasteiger partial charge in [0, 0.05) is 19.2 Å². The molecule has 12 heteroatoms. The number of nitro groups is 1. The van der Waals surface area contributed by atoms with Gasteiger partial charge in [-0.05, 0) is 48.9 Å². The molecule has 1 aromatic rings. The highest BCUT2D eigenvalue weighted by Gasteiger charge is 2.57. The lowest BCUT2D eigenvalue weighted by atomic mass is 9.70. The maximum atomic E-state index is 12.9. The molecule has 0 unspecified atom stereocenters. The van der Waals surface area contributed by atoms with E-state index in [4.69, 9.17) is 28.4 Å². The number of ether oxygens (including phenoxy) is 4. The third-order valence-electron chi connectivity index (χ3n) is 9.89. The predicted octanol–water partition coefficient (Wildman–Crippen LogP) is 5.75. The van der Waals surface area contributed by atoms with Crippen LogP contribution in [0, 0.1) is 22.0 Å². The quantitative estimate of drug-likeness (QED) is 0.0581. The van der Waals surface area contributed by atoms with Crippen molar-refractivity contribution in [3.8, 4) is 5.75 Å². The summed E-state index contributed by atoms with van der Waals surface area (Å²) in [6.45, 7) is 15.3. The number of fused-ring (bicyclic) bond motifs is 5. The predicted molar refractivity (Wildman–Crippen MR) is 166 cm³/mol. The molecule has 0 bridgehead atoms. The van der Waals surface area contributed by atoms with E-state index in [1.165, 1.54) is 33.7 Å². The molecule has 238 valence electrons. The van der Waals surface area contributed by atoms with Gasteiger partial charge in [0.1, 0.15) is 5.60 Å². The Morgan fingerprint density at radius 3 is 2.53 bits per heavy atom. The van der Waals surface area contributed by atoms with E-state index in [-0.39, 0.29) is 34.4 Å². The molecule has 3 aliphatic heterocycles. The van der Waals surface area contributed by atoms with Gasteiger partial charge in [0.05, 0.1) is 74.3 Å². The zero-order chi connectivity index (χ0) is 31.7. The minimum Gasteiger partial charge on any atom is -0.504 e. The molecule has 0 saturated carbocycles. The molecular weight excluding hydrogens is 570 g/mol. The molecule has 2 saturated heterocycles. The van der Waals surface area contributed by atoms with E-state index in [2.05, 4.69) is 45.7 Å². The van der Waals surface area contributed by atoms with Gasteiger partial charge in [-0.25, -0.2) is 4.79 Å². The summed E-state index contributed by atoms with van der Waals surface area (Å²) in [5.74, 6) is -0.149. The smallest absolute Gasteiger partial charge is 0.337 e. The van der Waals surface area contributed by atoms with Crippen LogP contribution >= 0.6 is 0 Å². The van der Waals surface area contributed by atoms with Crippen LogP contribution in [-0.2, 0) is 29.0 Å². The summed E-state index contributed by atoms with van der Waals surface area (Å²) in [5.41, 5.74) is 1.36. The van der Waals surface area contributed by atoms with E-state index >= 15 is 0 Å². The van der Waals surface area contributed by atoms with Crippen LogP contribution in [0.25, 0.3) is 0 Å². The standard InChI is InChI=1S/C31H47N3O8Si/c1-10-20-18-33-14-13-31(41-15-16-42-43(8,9)30(2,3)4)26-23(11-12-24(34(36)37)27(26)39-6)32-28(31)25(33)17-21(20)22(19-38-5)29(35)40-7/h11-12,19-21,25H,10,13-18H2,1-9H3/b22-19+/t20-,21+,25+,31+/m1/s1. The van der Waals surface area contributed by atoms with E-state index in [0.29, 0.717) is 49.4 Å². The molecule has 0 aromatic heterocycles. The van der Waals surface area contributed by atoms with Crippen LogP contribution in [0.5, 0.6) is 5.75 Å². The average Bonchev–Trinajstić information content (AvgIpc) is 3.30. The van der Waals surface area contributed by atoms with Gasteiger partial charge in [-0.1, -0.05) is 34.1 Å². The number of nitro benzene ring substituents is 1. The summed E-state index contributed by atoms with van der Waals surface area (Å²) in [7, 11) is 2.34. The maximum Gasteiger partial charge on any atom is 0.337 e. The normalized spacial score (nSPS) is 25.7. The van der Waals surface area contributed by atoms with Crippen molar-refractivity contribution in [2.45, 2.75) is 76.7 Å². The minimum absolute atomic E-state index is 0.0486. The van der Waals surface area contributed by atoms with Crippen molar-refractivity contribution in [2.75, 3.05) is 47.6 Å². The van der Waals surface area contributed by atoms with E-state index in [1.54, 1.807) is 6.07 Å². The van der Waals surface area contributed by atoms with Crippen LogP contribution in [0.3, 0.4) is 0 Å². The number of nitrogens with zero attached hydrogens (tertiary/aromatic N) is 3. The van der Waals surface area contributed by atoms with Gasteiger partial charge < -0.3 is 23.4 Å². The second kappa shape index (κ2) is 12.7. The van der Waals surface area contributed by atoms with Gasteiger partial charge in [0.2, 0.25) is 5.75 Å². The number of carbonyl (C=O) groups is 1. The zero-order valence-corrected chi connectivity index (χ0v) is 28.0. The number of aliphatic imine (C=N–C) groups is 1. The number of hydrogen-bond acceptors (Lipinski definition) is 10. The van der Waals surface area contributed by atoms with E-state index in [0.717, 1.165) is 18.7 Å². The van der Waals surface area contributed by atoms with E-state index in [1.807, 2.05) is 0 Å². The summed E-state index contributed by atoms with van der Waals surface area (Å²) in [6.07, 6.45) is 3.54. The number of hydrogen-bond donors (Lipinski definition) is 0. The van der Waals surface area contributed by atoms with Crippen molar-refractivity contribution in [3.05, 3.63) is 39.6 Å². The van der Waals surface area contributed by atoms with Gasteiger partial charge in [-0.15, -0.1) is 0 Å². The number of esters is 1. The van der Waals surface area contributed by atoms with Crippen molar-refractivity contribution >= 4 is 31.4 Å². The number of methoxy groups -OCH3 is 3. The molecule has 0 amide bonds. The molecule has 0 aliphatic carbocycles. The molecule has 0 radical (unpaired) electrons. The highest BCUT2D eigenvalue weighted by molar-refractivity contribution is 6.74. The number of carbonyl (C=O) groups excluding carboxylic acids is 1. The fraction of sp³-hybridized carbons (Fsp3) is 0.677. The van der Waals surface area contributed by atoms with Gasteiger partial charge in [0.15, 0.2) is 8.32 Å². The molecule has 0 N–H and O–H groups in total. The Morgan fingerprint density at radius 2 is 1.95 bits per heavy atom. The minimum atomic E-state index is -2.02. The summed E-state index contributed by atoms with van der Waals surface area (Å²) in [6, 6.07) is 2.96. The third-order valence-corrected chi connectivity index (χ3v) is 14.4. The highest BCUT2D eigenvalue weighted by atomic mass is 28.4. The highest BCUT2D eigenvalue weighted by Crippen LogP contribution is 2.55. The Hall–Kier alpha value is -2.80. The first-order chi connectivity index (χ1) is 20.3. The van der Waals surface area contributed by atoms with Crippen molar-refractivity contribution in [1.82, 2.24) is 4.90 Å². The first-order valence-electron chi connectivity index (χ1n) is 15.0. The summed E-state index contributed by atoms with van der Waals surface area (Å²) in [5, 5.41) is 12.1. The second-order valence-electron chi connectivity index (χ2n) is 13.1. The lowest BCUT2D eigenvalue weighted by Gasteiger charge is -2.51. The van der Waals surface area contributed by atoms with E-state index in [9.17, 15) is 14.9 Å². The third kappa shape index (κ3) is 5.98. The molecule has 4 atom stereocenters. The Bertz CT molecular complexity index is 1290. The van der Waals surface area contributed by atoms with Crippen molar-refractivity contribution in [2.24, 2.45) is 16.8 Å². The van der Waals surface area contributed by atoms with E-state index < -0.39 is 24.8 Å². The van der Waals surface area contributed by atoms with Crippen molar-refractivity contribution in [1.29, 1.82) is 0 Å². The second-order valence-corrected chi connectivity index (χ2v) is 17.9. The number of rotatable bonds is 11. The maximum absolute atomic E-state index is 12.9. The van der Waals surface area contributed by atoms with Crippen molar-refractivity contribution < 1.29 is 33.1 Å². The lowest BCUT2D eigenvalue weighted by Crippen LogP contribution is -2.61. The summed E-state index contributed by atoms with van der Waals surface area (Å²) in [4.78, 5) is 32.0. The lowest BCUT2D eigenvalue weighted by molar-refractivity contribution is -0.385. The van der Waals surface area contributed by atoms with Gasteiger partial charge >= 0.3 is 11.7 Å². The molecule has 1 aromatic carbocycles. The van der Waals surface area contributed by atoms with Crippen LogP contribution in [0.15, 0.2) is 29.0 Å². The molecule has 0 spiro atoms. The van der Waals surface area contributed by atoms with Gasteiger partial charge in [0.25, 0.3) is 0 Å². The van der Waals surface area contributed by atoms with Gasteiger partial charge in [-0.3, -0.25) is 20.0 Å². The first-order valence-corrected chi connectivity index (χ1v) is 17.9. The molecule has 4 rings (SSSR count). The van der Waals surface area contributed by atoms with Crippen LogP contribution in [0.4, 0.5) is 11.4 Å². The largest absolute Gasteiger partial charge is 0.504 e. The number of benzene rings is 1. The van der Waals surface area contributed by atoms with Crippen LogP contribution in [0.2, 0.25) is 18.1 Å². The fourth-order valence-corrected chi connectivity index (χ4v) is 7.61. The Balaban J connectivity index is 1.76. The monoisotopic (exact) mass is 617 g/mol. The average molecular weight is 618 g/mol. The molecule has 3 heterocycles. The first kappa shape index (κ1) is 33.1. The Kier molecular flexibility index (Phi) is 9.75. The topological polar surface area (TPSA) is 122 Å². The molecule has 43 heavy (non-hydrogen) atoms. The molecule has 3 aliphatic rings. The van der Waals surface area contributed by atoms with Crippen LogP contribution in [0.1, 0.15) is 52.5 Å². The molecular formula is C31H47N3O8Si. The van der Waals surface area contributed by atoms with Crippen LogP contribution < -0.4 is 4.74 Å². The molecule has 2 fully saturated rings. The summed E-state index contributed by atoms with van der Waals surface area (Å²) >= 11 is 0.